The molecule has 3 aromatic heterocycles. The van der Waals surface area contributed by atoms with E-state index in [1.807, 2.05) is 53.2 Å². The van der Waals surface area contributed by atoms with E-state index in [9.17, 15) is 9.59 Å². The number of rotatable bonds is 5. The van der Waals surface area contributed by atoms with E-state index in [0.29, 0.717) is 12.1 Å². The van der Waals surface area contributed by atoms with E-state index in [4.69, 9.17) is 0 Å². The lowest BCUT2D eigenvalue weighted by Gasteiger charge is -2.20. The van der Waals surface area contributed by atoms with Gasteiger partial charge in [-0.25, -0.2) is 9.80 Å². The lowest BCUT2D eigenvalue weighted by molar-refractivity contribution is -0.133. The van der Waals surface area contributed by atoms with E-state index in [0.717, 1.165) is 20.1 Å². The van der Waals surface area contributed by atoms with Crippen LogP contribution in [0.5, 0.6) is 0 Å². The highest BCUT2D eigenvalue weighted by Crippen LogP contribution is 2.35. The Hall–Kier alpha value is -3.37. The largest absolute Gasteiger partial charge is 0.368 e. The number of hydrogen-bond acceptors (Lipinski definition) is 7. The molecule has 30 heavy (non-hydrogen) atoms. The highest BCUT2D eigenvalue weighted by atomic mass is 32.1. The first-order valence-corrected chi connectivity index (χ1v) is 11.0. The lowest BCUT2D eigenvalue weighted by atomic mass is 10.1. The summed E-state index contributed by atoms with van der Waals surface area (Å²) in [5, 5.41) is 17.9. The van der Waals surface area contributed by atoms with Crippen molar-refractivity contribution in [2.75, 3.05) is 0 Å². The van der Waals surface area contributed by atoms with E-state index < -0.39 is 5.69 Å². The molecule has 4 aromatic rings. The van der Waals surface area contributed by atoms with Gasteiger partial charge in [-0.1, -0.05) is 30.3 Å². The zero-order valence-corrected chi connectivity index (χ0v) is 17.3. The number of carbonyl (C=O) groups is 1. The molecule has 10 heteroatoms. The molecule has 0 aliphatic carbocycles. The molecule has 1 amide bonds. The SMILES string of the molecule is O=C(Cn1nnn(-c2ccccc2)c1=O)N1N=C(c2cccs2)C[C@H]1c1cccs1. The third kappa shape index (κ3) is 3.40. The van der Waals surface area contributed by atoms with Gasteiger partial charge in [0, 0.05) is 11.3 Å². The number of benzene rings is 1. The maximum atomic E-state index is 13.1. The summed E-state index contributed by atoms with van der Waals surface area (Å²) in [6.45, 7) is -0.227. The fraction of sp³-hybridized carbons (Fsp3) is 0.150. The average Bonchev–Trinajstić information content (AvgIpc) is 3.55. The molecule has 150 valence electrons. The number of carbonyl (C=O) groups excluding carboxylic acids is 1. The van der Waals surface area contributed by atoms with Crippen molar-refractivity contribution in [2.45, 2.75) is 19.0 Å². The first-order chi connectivity index (χ1) is 14.7. The molecular weight excluding hydrogens is 420 g/mol. The van der Waals surface area contributed by atoms with Crippen LogP contribution >= 0.6 is 22.7 Å². The molecule has 1 aromatic carbocycles. The Labute approximate surface area is 179 Å². The number of aromatic nitrogens is 4. The molecule has 0 bridgehead atoms. The van der Waals surface area contributed by atoms with Gasteiger partial charge in [0.05, 0.1) is 22.3 Å². The predicted octanol–water partition coefficient (Wildman–Crippen LogP) is 2.93. The fourth-order valence-corrected chi connectivity index (χ4v) is 4.87. The molecule has 1 aliphatic heterocycles. The minimum absolute atomic E-state index is 0.186. The molecular formula is C20H16N6O2S2. The number of para-hydroxylation sites is 1. The third-order valence-corrected chi connectivity index (χ3v) is 6.66. The van der Waals surface area contributed by atoms with E-state index in [2.05, 4.69) is 15.5 Å². The second-order valence-electron chi connectivity index (χ2n) is 6.66. The maximum absolute atomic E-state index is 13.1. The maximum Gasteiger partial charge on any atom is 0.368 e. The Kier molecular flexibility index (Phi) is 4.85. The normalized spacial score (nSPS) is 16.1. The summed E-state index contributed by atoms with van der Waals surface area (Å²) < 4.78 is 2.24. The van der Waals surface area contributed by atoms with Crippen LogP contribution in [0.3, 0.4) is 0 Å². The summed E-state index contributed by atoms with van der Waals surface area (Å²) in [6, 6.07) is 16.7. The van der Waals surface area contributed by atoms with Crippen LogP contribution in [0.2, 0.25) is 0 Å². The highest BCUT2D eigenvalue weighted by molar-refractivity contribution is 7.12. The van der Waals surface area contributed by atoms with Gasteiger partial charge in [-0.2, -0.15) is 14.5 Å². The van der Waals surface area contributed by atoms with Crippen molar-refractivity contribution >= 4 is 34.3 Å². The first kappa shape index (κ1) is 18.6. The monoisotopic (exact) mass is 436 g/mol. The number of amides is 1. The van der Waals surface area contributed by atoms with Crippen LogP contribution in [0.25, 0.3) is 5.69 Å². The number of tetrazole rings is 1. The van der Waals surface area contributed by atoms with E-state index in [-0.39, 0.29) is 18.5 Å². The van der Waals surface area contributed by atoms with E-state index in [1.54, 1.807) is 34.8 Å². The second-order valence-corrected chi connectivity index (χ2v) is 8.59. The fourth-order valence-electron chi connectivity index (χ4n) is 3.34. The molecule has 0 spiro atoms. The standard InChI is InChI=1S/C20H16N6O2S2/c27-19(13-24-20(28)25(23-22-24)14-6-2-1-3-7-14)26-16(18-9-5-11-30-18)12-15(21-26)17-8-4-10-29-17/h1-11,16H,12-13H2/t16-/m0/s1. The summed E-state index contributed by atoms with van der Waals surface area (Å²) in [6.07, 6.45) is 0.637. The predicted molar refractivity (Wildman–Crippen MR) is 115 cm³/mol. The van der Waals surface area contributed by atoms with Gasteiger partial charge >= 0.3 is 5.69 Å². The van der Waals surface area contributed by atoms with Crippen molar-refractivity contribution in [1.29, 1.82) is 0 Å². The topological polar surface area (TPSA) is 85.4 Å². The van der Waals surface area contributed by atoms with Crippen molar-refractivity contribution in [3.63, 3.8) is 0 Å². The van der Waals surface area contributed by atoms with Crippen LogP contribution < -0.4 is 5.69 Å². The van der Waals surface area contributed by atoms with Crippen molar-refractivity contribution in [2.24, 2.45) is 5.10 Å². The van der Waals surface area contributed by atoms with Crippen molar-refractivity contribution in [3.05, 3.63) is 85.6 Å². The number of nitrogens with zero attached hydrogens (tertiary/aromatic N) is 6. The van der Waals surface area contributed by atoms with Crippen molar-refractivity contribution in [1.82, 2.24) is 24.8 Å². The smallest absolute Gasteiger partial charge is 0.271 e. The lowest BCUT2D eigenvalue weighted by Crippen LogP contribution is -2.34. The van der Waals surface area contributed by atoms with Crippen LogP contribution in [0.15, 0.2) is 75.3 Å². The Bertz CT molecular complexity index is 1240. The molecule has 0 unspecified atom stereocenters. The summed E-state index contributed by atoms with van der Waals surface area (Å²) in [4.78, 5) is 27.9. The van der Waals surface area contributed by atoms with Gasteiger partial charge in [0.1, 0.15) is 6.54 Å². The highest BCUT2D eigenvalue weighted by Gasteiger charge is 2.34. The zero-order chi connectivity index (χ0) is 20.5. The second kappa shape index (κ2) is 7.81. The minimum atomic E-state index is -0.469. The molecule has 0 radical (unpaired) electrons. The van der Waals surface area contributed by atoms with Crippen LogP contribution in [-0.2, 0) is 11.3 Å². The summed E-state index contributed by atoms with van der Waals surface area (Å²) in [5.41, 5.74) is 0.998. The van der Waals surface area contributed by atoms with E-state index >= 15 is 0 Å². The Morgan fingerprint density at radius 1 is 1.00 bits per heavy atom. The molecule has 5 rings (SSSR count). The molecule has 0 fully saturated rings. The minimum Gasteiger partial charge on any atom is -0.271 e. The Morgan fingerprint density at radius 3 is 2.53 bits per heavy atom. The number of hydrazone groups is 1. The molecule has 1 atom stereocenters. The number of thiophene rings is 2. The van der Waals surface area contributed by atoms with Crippen LogP contribution in [0.4, 0.5) is 0 Å². The van der Waals surface area contributed by atoms with E-state index in [1.165, 1.54) is 9.69 Å². The zero-order valence-electron chi connectivity index (χ0n) is 15.7. The van der Waals surface area contributed by atoms with Gasteiger partial charge in [0.2, 0.25) is 0 Å². The van der Waals surface area contributed by atoms with Crippen LogP contribution in [-0.4, -0.2) is 36.4 Å². The van der Waals surface area contributed by atoms with Gasteiger partial charge in [-0.15, -0.1) is 22.7 Å². The van der Waals surface area contributed by atoms with Crippen LogP contribution in [0.1, 0.15) is 22.2 Å². The van der Waals surface area contributed by atoms with Gasteiger partial charge in [-0.05, 0) is 45.5 Å². The first-order valence-electron chi connectivity index (χ1n) is 9.26. The number of hydrogen-bond donors (Lipinski definition) is 0. The molecule has 4 heterocycles. The molecule has 8 nitrogen and oxygen atoms in total. The molecule has 1 aliphatic rings. The Morgan fingerprint density at radius 2 is 1.80 bits per heavy atom. The molecule has 0 saturated carbocycles. The third-order valence-electron chi connectivity index (χ3n) is 4.77. The summed E-state index contributed by atoms with van der Waals surface area (Å²) in [5.74, 6) is -0.304. The van der Waals surface area contributed by atoms with Crippen molar-refractivity contribution < 1.29 is 4.79 Å². The quantitative estimate of drug-likeness (QED) is 0.481. The Balaban J connectivity index is 1.43. The van der Waals surface area contributed by atoms with Gasteiger partial charge in [0.25, 0.3) is 5.91 Å². The summed E-state index contributed by atoms with van der Waals surface area (Å²) in [7, 11) is 0. The van der Waals surface area contributed by atoms with Crippen LogP contribution in [0, 0.1) is 0 Å². The average molecular weight is 437 g/mol. The van der Waals surface area contributed by atoms with Gasteiger partial charge in [-0.3, -0.25) is 4.79 Å². The molecule has 0 N–H and O–H groups in total. The molecule has 0 saturated heterocycles. The van der Waals surface area contributed by atoms with Crippen molar-refractivity contribution in [3.8, 4) is 5.69 Å². The summed E-state index contributed by atoms with van der Waals surface area (Å²) >= 11 is 3.18. The van der Waals surface area contributed by atoms with Gasteiger partial charge in [0.15, 0.2) is 0 Å². The van der Waals surface area contributed by atoms with Gasteiger partial charge < -0.3 is 0 Å².